The fourth-order valence-corrected chi connectivity index (χ4v) is 3.45. The number of likely N-dealkylation sites (N-methyl/N-ethyl adjacent to an activating group) is 1. The van der Waals surface area contributed by atoms with Gasteiger partial charge in [0.2, 0.25) is 21.8 Å². The number of anilines is 1. The predicted molar refractivity (Wildman–Crippen MR) is 93.1 cm³/mol. The minimum Gasteiger partial charge on any atom is -0.350 e. The van der Waals surface area contributed by atoms with Crippen molar-refractivity contribution in [2.24, 2.45) is 0 Å². The second-order valence-electron chi connectivity index (χ2n) is 6.43. The van der Waals surface area contributed by atoms with E-state index in [1.807, 2.05) is 20.8 Å². The Kier molecular flexibility index (Phi) is 6.50. The van der Waals surface area contributed by atoms with E-state index in [0.717, 1.165) is 4.31 Å². The molecule has 0 heterocycles. The van der Waals surface area contributed by atoms with Gasteiger partial charge in [0.25, 0.3) is 0 Å². The molecular weight excluding hydrogens is 330 g/mol. The maximum atomic E-state index is 12.7. The van der Waals surface area contributed by atoms with Gasteiger partial charge in [0.1, 0.15) is 0 Å². The maximum absolute atomic E-state index is 12.7. The summed E-state index contributed by atoms with van der Waals surface area (Å²) in [6.45, 7) is 8.46. The van der Waals surface area contributed by atoms with Crippen LogP contribution in [-0.2, 0) is 19.6 Å². The van der Waals surface area contributed by atoms with Gasteiger partial charge in [-0.15, -0.1) is 0 Å². The van der Waals surface area contributed by atoms with Gasteiger partial charge in [-0.3, -0.25) is 9.59 Å². The summed E-state index contributed by atoms with van der Waals surface area (Å²) in [5, 5.41) is 5.32. The van der Waals surface area contributed by atoms with Gasteiger partial charge in [-0.05, 0) is 45.0 Å². The molecule has 0 atom stereocenters. The molecule has 1 aromatic rings. The third-order valence-electron chi connectivity index (χ3n) is 3.00. The molecule has 0 aliphatic carbocycles. The Morgan fingerprint density at radius 1 is 1.12 bits per heavy atom. The van der Waals surface area contributed by atoms with Crippen LogP contribution in [0, 0.1) is 0 Å². The summed E-state index contributed by atoms with van der Waals surface area (Å²) in [7, 11) is -3.79. The Morgan fingerprint density at radius 2 is 1.67 bits per heavy atom. The summed E-state index contributed by atoms with van der Waals surface area (Å²) in [5.41, 5.74) is 0.0789. The Hall–Kier alpha value is -1.93. The number of nitrogens with one attached hydrogen (secondary N) is 2. The number of benzene rings is 1. The summed E-state index contributed by atoms with van der Waals surface area (Å²) in [6, 6.07) is 5.84. The van der Waals surface area contributed by atoms with Crippen molar-refractivity contribution in [2.75, 3.05) is 18.4 Å². The first-order valence-corrected chi connectivity index (χ1v) is 9.08. The molecule has 0 radical (unpaired) electrons. The lowest BCUT2D eigenvalue weighted by Crippen LogP contribution is -2.47. The lowest BCUT2D eigenvalue weighted by Gasteiger charge is -2.24. The van der Waals surface area contributed by atoms with Gasteiger partial charge < -0.3 is 10.6 Å². The topological polar surface area (TPSA) is 95.6 Å². The predicted octanol–water partition coefficient (Wildman–Crippen LogP) is 1.57. The summed E-state index contributed by atoms with van der Waals surface area (Å²) >= 11 is 0. The number of carbonyl (C=O) groups is 2. The number of hydrogen-bond donors (Lipinski definition) is 2. The van der Waals surface area contributed by atoms with E-state index >= 15 is 0 Å². The smallest absolute Gasteiger partial charge is 0.243 e. The number of carbonyl (C=O) groups excluding carboxylic acids is 2. The van der Waals surface area contributed by atoms with Gasteiger partial charge >= 0.3 is 0 Å². The van der Waals surface area contributed by atoms with Gasteiger partial charge in [-0.25, -0.2) is 8.42 Å². The Labute approximate surface area is 143 Å². The molecule has 8 heteroatoms. The minimum absolute atomic E-state index is 0.0713. The molecule has 0 spiro atoms. The molecule has 0 saturated carbocycles. The van der Waals surface area contributed by atoms with Crippen LogP contribution in [0.3, 0.4) is 0 Å². The van der Waals surface area contributed by atoms with Crippen LogP contribution in [0.25, 0.3) is 0 Å². The average Bonchev–Trinajstić information content (AvgIpc) is 2.42. The first-order chi connectivity index (χ1) is 11.0. The van der Waals surface area contributed by atoms with Crippen LogP contribution < -0.4 is 10.6 Å². The van der Waals surface area contributed by atoms with Crippen LogP contribution in [0.5, 0.6) is 0 Å². The van der Waals surface area contributed by atoms with Gasteiger partial charge in [-0.2, -0.15) is 4.31 Å². The first kappa shape index (κ1) is 20.1. The van der Waals surface area contributed by atoms with E-state index < -0.39 is 15.6 Å². The van der Waals surface area contributed by atoms with Crippen molar-refractivity contribution in [1.29, 1.82) is 0 Å². The van der Waals surface area contributed by atoms with Crippen LogP contribution in [-0.4, -0.2) is 43.2 Å². The maximum Gasteiger partial charge on any atom is 0.243 e. The van der Waals surface area contributed by atoms with E-state index in [4.69, 9.17) is 0 Å². The van der Waals surface area contributed by atoms with Crippen LogP contribution in [0.2, 0.25) is 0 Å². The third kappa shape index (κ3) is 5.93. The SMILES string of the molecule is CCN(CC(=O)NC(C)(C)C)S(=O)(=O)c1ccc(NC(C)=O)cc1. The highest BCUT2D eigenvalue weighted by Gasteiger charge is 2.26. The molecule has 0 fully saturated rings. The second kappa shape index (κ2) is 7.76. The zero-order chi connectivity index (χ0) is 18.5. The Bertz CT molecular complexity index is 691. The minimum atomic E-state index is -3.79. The molecule has 24 heavy (non-hydrogen) atoms. The van der Waals surface area contributed by atoms with Crippen molar-refractivity contribution < 1.29 is 18.0 Å². The normalized spacial score (nSPS) is 12.1. The summed E-state index contributed by atoms with van der Waals surface area (Å²) in [6.07, 6.45) is 0. The Morgan fingerprint density at radius 3 is 2.08 bits per heavy atom. The van der Waals surface area contributed by atoms with Crippen LogP contribution >= 0.6 is 0 Å². The number of rotatable bonds is 6. The fourth-order valence-electron chi connectivity index (χ4n) is 2.05. The molecule has 1 aromatic carbocycles. The highest BCUT2D eigenvalue weighted by molar-refractivity contribution is 7.89. The van der Waals surface area contributed by atoms with E-state index in [0.29, 0.717) is 5.69 Å². The summed E-state index contributed by atoms with van der Waals surface area (Å²) in [5.74, 6) is -0.595. The molecule has 0 aromatic heterocycles. The van der Waals surface area contributed by atoms with Crippen LogP contribution in [0.4, 0.5) is 5.69 Å². The summed E-state index contributed by atoms with van der Waals surface area (Å²) in [4.78, 5) is 23.1. The zero-order valence-corrected chi connectivity index (χ0v) is 15.5. The number of amides is 2. The molecular formula is C16H25N3O4S. The average molecular weight is 355 g/mol. The summed E-state index contributed by atoms with van der Waals surface area (Å²) < 4.78 is 26.4. The lowest BCUT2D eigenvalue weighted by molar-refractivity contribution is -0.122. The van der Waals surface area contributed by atoms with Crippen molar-refractivity contribution in [2.45, 2.75) is 45.1 Å². The van der Waals surface area contributed by atoms with Gasteiger partial charge in [0, 0.05) is 24.7 Å². The van der Waals surface area contributed by atoms with E-state index in [9.17, 15) is 18.0 Å². The molecule has 0 unspecified atom stereocenters. The van der Waals surface area contributed by atoms with Crippen molar-refractivity contribution in [1.82, 2.24) is 9.62 Å². The third-order valence-corrected chi connectivity index (χ3v) is 4.93. The highest BCUT2D eigenvalue weighted by atomic mass is 32.2. The first-order valence-electron chi connectivity index (χ1n) is 7.64. The highest BCUT2D eigenvalue weighted by Crippen LogP contribution is 2.18. The van der Waals surface area contributed by atoms with E-state index in [2.05, 4.69) is 10.6 Å². The molecule has 0 aliphatic heterocycles. The Balaban J connectivity index is 2.94. The second-order valence-corrected chi connectivity index (χ2v) is 8.37. The van der Waals surface area contributed by atoms with Gasteiger partial charge in [0.15, 0.2) is 0 Å². The van der Waals surface area contributed by atoms with Crippen LogP contribution in [0.15, 0.2) is 29.2 Å². The van der Waals surface area contributed by atoms with E-state index in [1.165, 1.54) is 31.2 Å². The van der Waals surface area contributed by atoms with Crippen molar-refractivity contribution in [3.63, 3.8) is 0 Å². The lowest BCUT2D eigenvalue weighted by atomic mass is 10.1. The van der Waals surface area contributed by atoms with Crippen molar-refractivity contribution in [3.8, 4) is 0 Å². The molecule has 7 nitrogen and oxygen atoms in total. The zero-order valence-electron chi connectivity index (χ0n) is 14.7. The molecule has 1 rings (SSSR count). The number of hydrogen-bond acceptors (Lipinski definition) is 4. The van der Waals surface area contributed by atoms with E-state index in [1.54, 1.807) is 6.92 Å². The standard InChI is InChI=1S/C16H25N3O4S/c1-6-19(11-15(21)18-16(3,4)5)24(22,23)14-9-7-13(8-10-14)17-12(2)20/h7-10H,6,11H2,1-5H3,(H,17,20)(H,18,21). The molecule has 0 bridgehead atoms. The fraction of sp³-hybridized carbons (Fsp3) is 0.500. The van der Waals surface area contributed by atoms with E-state index in [-0.39, 0.29) is 29.8 Å². The van der Waals surface area contributed by atoms with Crippen LogP contribution in [0.1, 0.15) is 34.6 Å². The number of sulfonamides is 1. The van der Waals surface area contributed by atoms with Crippen molar-refractivity contribution in [3.05, 3.63) is 24.3 Å². The molecule has 0 aliphatic rings. The molecule has 2 amide bonds. The van der Waals surface area contributed by atoms with Gasteiger partial charge in [-0.1, -0.05) is 6.92 Å². The quantitative estimate of drug-likeness (QED) is 0.810. The van der Waals surface area contributed by atoms with Gasteiger partial charge in [0.05, 0.1) is 11.4 Å². The number of nitrogens with zero attached hydrogens (tertiary/aromatic N) is 1. The molecule has 2 N–H and O–H groups in total. The molecule has 134 valence electrons. The monoisotopic (exact) mass is 355 g/mol. The van der Waals surface area contributed by atoms with Crippen molar-refractivity contribution >= 4 is 27.5 Å². The molecule has 0 saturated heterocycles. The largest absolute Gasteiger partial charge is 0.350 e.